The number of hydrogen-bond donors (Lipinski definition) is 4. The number of allylic oxidation sites excluding steroid dienone is 2. The van der Waals surface area contributed by atoms with E-state index in [4.69, 9.17) is 9.47 Å². The largest absolute Gasteiger partial charge is 0.396 e. The molecule has 10 rings (SSSR count). The summed E-state index contributed by atoms with van der Waals surface area (Å²) in [6, 6.07) is 5.18. The number of carbonyl (C=O) groups is 4. The molecule has 4 saturated heterocycles. The van der Waals surface area contributed by atoms with E-state index >= 15 is 0 Å². The van der Waals surface area contributed by atoms with Crippen LogP contribution >= 0.6 is 0 Å². The molecule has 2 aliphatic carbocycles. The van der Waals surface area contributed by atoms with E-state index in [0.29, 0.717) is 101 Å². The van der Waals surface area contributed by atoms with Crippen LogP contribution in [0.4, 0.5) is 0 Å². The summed E-state index contributed by atoms with van der Waals surface area (Å²) < 4.78 is 14.4. The first-order valence-electron chi connectivity index (χ1n) is 24.4. The molecule has 66 heavy (non-hydrogen) atoms. The van der Waals surface area contributed by atoms with Crippen LogP contribution in [0.5, 0.6) is 0 Å². The Bertz CT molecular complexity index is 2180. The van der Waals surface area contributed by atoms with Crippen molar-refractivity contribution in [2.75, 3.05) is 52.7 Å². The van der Waals surface area contributed by atoms with Gasteiger partial charge in [-0.15, -0.1) is 0 Å². The Hall–Kier alpha value is -4.90. The van der Waals surface area contributed by atoms with Crippen molar-refractivity contribution < 1.29 is 38.9 Å². The summed E-state index contributed by atoms with van der Waals surface area (Å²) in [6.45, 7) is 7.49. The molecule has 0 radical (unpaired) electrons. The lowest BCUT2D eigenvalue weighted by Crippen LogP contribution is -2.52. The number of carbonyl (C=O) groups excluding carboxylic acids is 4. The van der Waals surface area contributed by atoms with Crippen LogP contribution < -0.4 is 21.8 Å². The Labute approximate surface area is 385 Å². The second-order valence-corrected chi connectivity index (χ2v) is 19.7. The standard InChI is InChI=1S/2C25H33N3O5/c2*1-2-3-16-6-7-20-21-18(13-27(20)24(16)31)19(14-29)22(23(30)26-12-15-4-5-15)28(21)25(32)17-8-10-33-11-9-17/h2*2-3,6-7,15,17-19,21-22,29H,4-5,8-14H2,1H3,(H,26,30)/b3-2+;3-2-/t2*18-,19-,21+,22-/m11/s1. The first-order valence-corrected chi connectivity index (χ1v) is 24.4. The van der Waals surface area contributed by atoms with Crippen molar-refractivity contribution in [1.82, 2.24) is 29.6 Å². The van der Waals surface area contributed by atoms with Crippen LogP contribution in [0.1, 0.15) is 99.8 Å². The predicted molar refractivity (Wildman–Crippen MR) is 244 cm³/mol. The zero-order valence-corrected chi connectivity index (χ0v) is 38.2. The Balaban J connectivity index is 0.000000166. The number of pyridine rings is 2. The summed E-state index contributed by atoms with van der Waals surface area (Å²) in [5.74, 6) is -1.05. The van der Waals surface area contributed by atoms with Gasteiger partial charge in [0.05, 0.1) is 12.1 Å². The van der Waals surface area contributed by atoms with Crippen LogP contribution in [-0.4, -0.2) is 118 Å². The zero-order chi connectivity index (χ0) is 46.2. The number of amides is 4. The fourth-order valence-electron chi connectivity index (χ4n) is 11.8. The highest BCUT2D eigenvalue weighted by Crippen LogP contribution is 2.52. The molecule has 0 unspecified atom stereocenters. The van der Waals surface area contributed by atoms with Gasteiger partial charge in [0.2, 0.25) is 23.6 Å². The number of nitrogens with one attached hydrogen (secondary N) is 2. The molecule has 6 aliphatic heterocycles. The lowest BCUT2D eigenvalue weighted by molar-refractivity contribution is -0.147. The monoisotopic (exact) mass is 910 g/mol. The quantitative estimate of drug-likeness (QED) is 0.246. The number of nitrogens with zero attached hydrogens (tertiary/aromatic N) is 4. The van der Waals surface area contributed by atoms with Gasteiger partial charge in [0.1, 0.15) is 12.1 Å². The molecule has 4 amide bonds. The number of ether oxygens (including phenoxy) is 2. The molecule has 2 saturated carbocycles. The highest BCUT2D eigenvalue weighted by atomic mass is 16.5. The van der Waals surface area contributed by atoms with Crippen LogP contribution in [-0.2, 0) is 41.7 Å². The molecule has 2 aromatic heterocycles. The number of aliphatic hydroxyl groups is 2. The van der Waals surface area contributed by atoms with Gasteiger partial charge in [-0.1, -0.05) is 24.3 Å². The van der Waals surface area contributed by atoms with Gasteiger partial charge in [-0.05, 0) is 101 Å². The van der Waals surface area contributed by atoms with Crippen LogP contribution in [0.15, 0.2) is 46.0 Å². The van der Waals surface area contributed by atoms with Gasteiger partial charge in [-0.2, -0.15) is 0 Å². The van der Waals surface area contributed by atoms with Crippen LogP contribution in [0, 0.1) is 47.3 Å². The van der Waals surface area contributed by atoms with E-state index in [1.165, 1.54) is 0 Å². The molecule has 0 spiro atoms. The number of aliphatic hydroxyl groups excluding tert-OH is 2. The van der Waals surface area contributed by atoms with Gasteiger partial charge < -0.3 is 49.3 Å². The lowest BCUT2D eigenvalue weighted by atomic mass is 9.88. The molecule has 6 fully saturated rings. The normalized spacial score (nSPS) is 29.3. The van der Waals surface area contributed by atoms with Crippen molar-refractivity contribution in [1.29, 1.82) is 0 Å². The topological polar surface area (TPSA) is 202 Å². The second-order valence-electron chi connectivity index (χ2n) is 19.7. The van der Waals surface area contributed by atoms with E-state index < -0.39 is 23.9 Å². The number of fused-ring (bicyclic) bond motifs is 6. The molecule has 2 aromatic rings. The van der Waals surface area contributed by atoms with Crippen LogP contribution in [0.25, 0.3) is 12.2 Å². The molecule has 0 aromatic carbocycles. The molecule has 0 bridgehead atoms. The lowest BCUT2D eigenvalue weighted by Gasteiger charge is -2.34. The van der Waals surface area contributed by atoms with Crippen molar-refractivity contribution in [3.8, 4) is 0 Å². The number of hydrogen-bond acceptors (Lipinski definition) is 10. The number of rotatable bonds is 12. The first kappa shape index (κ1) is 46.2. The second kappa shape index (κ2) is 19.7. The molecule has 8 aliphatic rings. The minimum Gasteiger partial charge on any atom is -0.396 e. The van der Waals surface area contributed by atoms with Gasteiger partial charge in [-0.3, -0.25) is 28.8 Å². The van der Waals surface area contributed by atoms with E-state index in [9.17, 15) is 39.0 Å². The van der Waals surface area contributed by atoms with Crippen molar-refractivity contribution in [2.24, 2.45) is 47.3 Å². The summed E-state index contributed by atoms with van der Waals surface area (Å²) in [6.07, 6.45) is 14.2. The van der Waals surface area contributed by atoms with Crippen LogP contribution in [0.3, 0.4) is 0 Å². The van der Waals surface area contributed by atoms with Crippen molar-refractivity contribution in [3.63, 3.8) is 0 Å². The maximum Gasteiger partial charge on any atom is 0.258 e. The molecule has 8 heterocycles. The third-order valence-corrected chi connectivity index (χ3v) is 15.6. The maximum absolute atomic E-state index is 13.8. The highest BCUT2D eigenvalue weighted by molar-refractivity contribution is 5.91. The maximum atomic E-state index is 13.8. The Morgan fingerprint density at radius 2 is 0.985 bits per heavy atom. The van der Waals surface area contributed by atoms with Crippen molar-refractivity contribution in [3.05, 3.63) is 79.6 Å². The van der Waals surface area contributed by atoms with Gasteiger partial charge in [0, 0.05) is 124 Å². The fraction of sp³-hybridized carbons (Fsp3) is 0.640. The zero-order valence-electron chi connectivity index (χ0n) is 38.2. The summed E-state index contributed by atoms with van der Waals surface area (Å²) in [5.41, 5.74) is 2.53. The molecule has 4 N–H and O–H groups in total. The summed E-state index contributed by atoms with van der Waals surface area (Å²) in [4.78, 5) is 84.1. The molecule has 356 valence electrons. The molecule has 16 nitrogen and oxygen atoms in total. The highest BCUT2D eigenvalue weighted by Gasteiger charge is 2.59. The summed E-state index contributed by atoms with van der Waals surface area (Å²) in [5, 5.41) is 26.9. The Kier molecular flexibility index (Phi) is 13.8. The minimum absolute atomic E-state index is 0.0609. The van der Waals surface area contributed by atoms with E-state index in [0.717, 1.165) is 37.1 Å². The third kappa shape index (κ3) is 8.74. The van der Waals surface area contributed by atoms with Gasteiger partial charge in [0.25, 0.3) is 11.1 Å². The third-order valence-electron chi connectivity index (χ3n) is 15.6. The average Bonchev–Trinajstić information content (AvgIpc) is 4.23. The smallest absolute Gasteiger partial charge is 0.258 e. The first-order chi connectivity index (χ1) is 32.1. The molecule has 8 atom stereocenters. The predicted octanol–water partition coefficient (Wildman–Crippen LogP) is 2.65. The summed E-state index contributed by atoms with van der Waals surface area (Å²) in [7, 11) is 0. The van der Waals surface area contributed by atoms with E-state index in [1.54, 1.807) is 43.2 Å². The Morgan fingerprint density at radius 1 is 0.606 bits per heavy atom. The fourth-order valence-corrected chi connectivity index (χ4v) is 11.8. The van der Waals surface area contributed by atoms with Gasteiger partial charge in [-0.25, -0.2) is 0 Å². The van der Waals surface area contributed by atoms with E-state index in [-0.39, 0.29) is 83.7 Å². The summed E-state index contributed by atoms with van der Waals surface area (Å²) >= 11 is 0. The SMILES string of the molecule is C/C=C/c1ccc2n(c1=O)C[C@@H]1[C@@H](CO)[C@H](C(=O)NCC3CC3)N(C(=O)C3CCOCC3)[C@H]21.C/C=C\c1ccc2n(c1=O)C[C@@H]1[C@@H](CO)[C@H](C(=O)NCC3CC3)N(C(=O)C3CCOCC3)[C@H]21. The van der Waals surface area contributed by atoms with Gasteiger partial charge in [0.15, 0.2) is 0 Å². The minimum atomic E-state index is -0.724. The van der Waals surface area contributed by atoms with Crippen molar-refractivity contribution in [2.45, 2.75) is 102 Å². The number of likely N-dealkylation sites (tertiary alicyclic amines) is 2. The van der Waals surface area contributed by atoms with Crippen molar-refractivity contribution >= 4 is 35.8 Å². The van der Waals surface area contributed by atoms with E-state index in [1.807, 2.05) is 38.1 Å². The van der Waals surface area contributed by atoms with Gasteiger partial charge >= 0.3 is 0 Å². The average molecular weight is 911 g/mol. The Morgan fingerprint density at radius 3 is 1.32 bits per heavy atom. The van der Waals surface area contributed by atoms with Crippen LogP contribution in [0.2, 0.25) is 0 Å². The molecular formula is C50H66N6O10. The molecule has 16 heteroatoms. The van der Waals surface area contributed by atoms with E-state index in [2.05, 4.69) is 10.6 Å². The number of aromatic nitrogens is 2. The molecular weight excluding hydrogens is 845 g/mol.